The molecule has 0 saturated heterocycles. The van der Waals surface area contributed by atoms with Crippen LogP contribution in [0, 0.1) is 6.92 Å². The molecule has 0 fully saturated rings. The number of imidazole rings is 1. The number of carbonyl (C=O) groups is 1. The smallest absolute Gasteiger partial charge is 0.268 e. The summed E-state index contributed by atoms with van der Waals surface area (Å²) in [7, 11) is 1.88. The van der Waals surface area contributed by atoms with E-state index in [-0.39, 0.29) is 5.91 Å². The van der Waals surface area contributed by atoms with Crippen molar-refractivity contribution in [3.63, 3.8) is 0 Å². The summed E-state index contributed by atoms with van der Waals surface area (Å²) in [6.07, 6.45) is 0. The first kappa shape index (κ1) is 18.5. The van der Waals surface area contributed by atoms with Crippen LogP contribution in [-0.2, 0) is 13.7 Å². The van der Waals surface area contributed by atoms with Gasteiger partial charge in [0.1, 0.15) is 12.4 Å². The molecular formula is C21H18ClN3O2S. The lowest BCUT2D eigenvalue weighted by molar-refractivity contribution is 0.102. The summed E-state index contributed by atoms with van der Waals surface area (Å²) in [6, 6.07) is 15.2. The van der Waals surface area contributed by atoms with E-state index in [4.69, 9.17) is 16.3 Å². The highest BCUT2D eigenvalue weighted by Gasteiger charge is 2.14. The Labute approximate surface area is 171 Å². The van der Waals surface area contributed by atoms with Crippen molar-refractivity contribution in [1.29, 1.82) is 0 Å². The Bertz CT molecular complexity index is 1170. The minimum atomic E-state index is -0.191. The molecule has 142 valence electrons. The van der Waals surface area contributed by atoms with Crippen LogP contribution in [-0.4, -0.2) is 15.5 Å². The van der Waals surface area contributed by atoms with Crippen LogP contribution < -0.4 is 10.1 Å². The van der Waals surface area contributed by atoms with Crippen molar-refractivity contribution in [2.45, 2.75) is 13.5 Å². The average molecular weight is 412 g/mol. The number of hydrogen-bond acceptors (Lipinski definition) is 4. The Morgan fingerprint density at radius 1 is 1.25 bits per heavy atom. The number of para-hydroxylation sites is 2. The lowest BCUT2D eigenvalue weighted by Crippen LogP contribution is -2.13. The van der Waals surface area contributed by atoms with E-state index in [1.807, 2.05) is 72.4 Å². The summed E-state index contributed by atoms with van der Waals surface area (Å²) < 4.78 is 7.67. The van der Waals surface area contributed by atoms with Crippen molar-refractivity contribution in [2.24, 2.45) is 7.05 Å². The van der Waals surface area contributed by atoms with Gasteiger partial charge in [-0.05, 0) is 48.2 Å². The molecule has 0 spiro atoms. The topological polar surface area (TPSA) is 56.1 Å². The number of nitrogens with zero attached hydrogens (tertiary/aromatic N) is 2. The molecule has 2 heterocycles. The van der Waals surface area contributed by atoms with E-state index in [0.717, 1.165) is 22.2 Å². The molecule has 2 aromatic carbocycles. The Kier molecular flexibility index (Phi) is 5.07. The van der Waals surface area contributed by atoms with Gasteiger partial charge in [0.2, 0.25) is 5.95 Å². The van der Waals surface area contributed by atoms with Gasteiger partial charge in [0.15, 0.2) is 0 Å². The third kappa shape index (κ3) is 3.74. The zero-order chi connectivity index (χ0) is 19.7. The molecule has 1 amide bonds. The van der Waals surface area contributed by atoms with Gasteiger partial charge in [-0.25, -0.2) is 4.98 Å². The molecule has 0 aliphatic heterocycles. The van der Waals surface area contributed by atoms with Crippen LogP contribution in [0.2, 0.25) is 5.02 Å². The fourth-order valence-corrected chi connectivity index (χ4v) is 3.84. The molecule has 2 aromatic heterocycles. The second-order valence-corrected chi connectivity index (χ2v) is 7.80. The second kappa shape index (κ2) is 7.66. The molecule has 0 unspecified atom stereocenters. The first-order valence-corrected chi connectivity index (χ1v) is 9.96. The lowest BCUT2D eigenvalue weighted by atomic mass is 10.2. The van der Waals surface area contributed by atoms with Crippen molar-refractivity contribution in [2.75, 3.05) is 5.32 Å². The van der Waals surface area contributed by atoms with E-state index in [0.29, 0.717) is 28.2 Å². The highest BCUT2D eigenvalue weighted by Crippen LogP contribution is 2.27. The number of anilines is 1. The first-order chi connectivity index (χ1) is 13.5. The maximum absolute atomic E-state index is 12.6. The number of hydrogen-bond donors (Lipinski definition) is 1. The molecule has 4 aromatic rings. The summed E-state index contributed by atoms with van der Waals surface area (Å²) in [5, 5.41) is 5.36. The molecule has 28 heavy (non-hydrogen) atoms. The van der Waals surface area contributed by atoms with Crippen LogP contribution in [0.5, 0.6) is 5.75 Å². The number of carbonyl (C=O) groups excluding carboxylic acids is 1. The fourth-order valence-electron chi connectivity index (χ4n) is 2.87. The quantitative estimate of drug-likeness (QED) is 0.476. The first-order valence-electron chi connectivity index (χ1n) is 8.70. The van der Waals surface area contributed by atoms with Gasteiger partial charge in [0.25, 0.3) is 5.91 Å². The molecule has 0 radical (unpaired) electrons. The Morgan fingerprint density at radius 2 is 2.07 bits per heavy atom. The normalized spacial score (nSPS) is 11.0. The largest absolute Gasteiger partial charge is 0.487 e. The van der Waals surface area contributed by atoms with Gasteiger partial charge in [-0.3, -0.25) is 10.1 Å². The zero-order valence-corrected chi connectivity index (χ0v) is 17.0. The van der Waals surface area contributed by atoms with Crippen LogP contribution >= 0.6 is 22.9 Å². The van der Waals surface area contributed by atoms with E-state index >= 15 is 0 Å². The molecule has 0 aliphatic carbocycles. The Morgan fingerprint density at radius 3 is 2.89 bits per heavy atom. The minimum Gasteiger partial charge on any atom is -0.487 e. The number of rotatable bonds is 5. The van der Waals surface area contributed by atoms with E-state index in [2.05, 4.69) is 10.3 Å². The number of aryl methyl sites for hydroxylation is 2. The van der Waals surface area contributed by atoms with Gasteiger partial charge in [-0.15, -0.1) is 11.3 Å². The molecule has 0 bridgehead atoms. The van der Waals surface area contributed by atoms with Gasteiger partial charge >= 0.3 is 0 Å². The SMILES string of the molecule is Cc1ccc(Cl)c(OCc2csc(C(=O)Nc3nc4ccccc4n3C)c2)c1. The van der Waals surface area contributed by atoms with Crippen LogP contribution in [0.25, 0.3) is 11.0 Å². The van der Waals surface area contributed by atoms with E-state index in [1.165, 1.54) is 11.3 Å². The van der Waals surface area contributed by atoms with Crippen molar-refractivity contribution in [3.8, 4) is 5.75 Å². The molecule has 0 saturated carbocycles. The average Bonchev–Trinajstić information content (AvgIpc) is 3.28. The van der Waals surface area contributed by atoms with E-state index in [1.54, 1.807) is 0 Å². The van der Waals surface area contributed by atoms with Gasteiger partial charge < -0.3 is 9.30 Å². The number of benzene rings is 2. The molecule has 0 atom stereocenters. The van der Waals surface area contributed by atoms with Gasteiger partial charge in [0, 0.05) is 12.6 Å². The summed E-state index contributed by atoms with van der Waals surface area (Å²) in [4.78, 5) is 17.7. The Balaban J connectivity index is 1.45. The van der Waals surface area contributed by atoms with Crippen molar-refractivity contribution in [3.05, 3.63) is 74.9 Å². The van der Waals surface area contributed by atoms with Crippen molar-refractivity contribution < 1.29 is 9.53 Å². The van der Waals surface area contributed by atoms with Gasteiger partial charge in [0.05, 0.1) is 20.9 Å². The van der Waals surface area contributed by atoms with Crippen molar-refractivity contribution in [1.82, 2.24) is 9.55 Å². The minimum absolute atomic E-state index is 0.191. The van der Waals surface area contributed by atoms with Crippen LogP contribution in [0.3, 0.4) is 0 Å². The predicted octanol–water partition coefficient (Wildman–Crippen LogP) is 5.43. The highest BCUT2D eigenvalue weighted by atomic mass is 35.5. The van der Waals surface area contributed by atoms with E-state index in [9.17, 15) is 4.79 Å². The molecule has 7 heteroatoms. The number of amides is 1. The second-order valence-electron chi connectivity index (χ2n) is 6.48. The summed E-state index contributed by atoms with van der Waals surface area (Å²) in [5.74, 6) is 0.964. The zero-order valence-electron chi connectivity index (χ0n) is 15.4. The number of halogens is 1. The number of nitrogens with one attached hydrogen (secondary N) is 1. The standard InChI is InChI=1S/C21H18ClN3O2S/c1-13-7-8-15(22)18(9-13)27-11-14-10-19(28-12-14)20(26)24-21-23-16-5-3-4-6-17(16)25(21)2/h3-10,12H,11H2,1-2H3,(H,23,24,26). The van der Waals surface area contributed by atoms with Gasteiger partial charge in [-0.1, -0.05) is 29.8 Å². The van der Waals surface area contributed by atoms with E-state index < -0.39 is 0 Å². The summed E-state index contributed by atoms with van der Waals surface area (Å²) in [6.45, 7) is 2.33. The lowest BCUT2D eigenvalue weighted by Gasteiger charge is -2.07. The number of fused-ring (bicyclic) bond motifs is 1. The third-order valence-corrected chi connectivity index (χ3v) is 5.66. The number of ether oxygens (including phenoxy) is 1. The monoisotopic (exact) mass is 411 g/mol. The third-order valence-electron chi connectivity index (χ3n) is 4.37. The fraction of sp³-hybridized carbons (Fsp3) is 0.143. The molecule has 4 rings (SSSR count). The highest BCUT2D eigenvalue weighted by molar-refractivity contribution is 7.12. The van der Waals surface area contributed by atoms with Crippen LogP contribution in [0.4, 0.5) is 5.95 Å². The summed E-state index contributed by atoms with van der Waals surface area (Å²) >= 11 is 7.53. The van der Waals surface area contributed by atoms with Crippen LogP contribution in [0.1, 0.15) is 20.8 Å². The molecular weight excluding hydrogens is 394 g/mol. The summed E-state index contributed by atoms with van der Waals surface area (Å²) in [5.41, 5.74) is 3.80. The maximum Gasteiger partial charge on any atom is 0.268 e. The molecule has 0 aliphatic rings. The van der Waals surface area contributed by atoms with Crippen LogP contribution in [0.15, 0.2) is 53.9 Å². The molecule has 1 N–H and O–H groups in total. The predicted molar refractivity (Wildman–Crippen MR) is 114 cm³/mol. The van der Waals surface area contributed by atoms with Crippen molar-refractivity contribution >= 4 is 45.8 Å². The maximum atomic E-state index is 12.6. The van der Waals surface area contributed by atoms with Gasteiger partial charge in [-0.2, -0.15) is 0 Å². The Hall–Kier alpha value is -2.83. The molecule has 5 nitrogen and oxygen atoms in total. The number of aromatic nitrogens is 2. The number of thiophene rings is 1.